The lowest BCUT2D eigenvalue weighted by atomic mass is 10.00. The van der Waals surface area contributed by atoms with E-state index in [0.29, 0.717) is 25.7 Å². The minimum absolute atomic E-state index is 0.101. The smallest absolute Gasteiger partial charge is 0.462 e. The first-order valence-electron chi connectivity index (χ1n) is 37.0. The zero-order valence-corrected chi connectivity index (χ0v) is 60.3. The van der Waals surface area contributed by atoms with Gasteiger partial charge in [0.15, 0.2) is 12.2 Å². The maximum absolute atomic E-state index is 13.0. The van der Waals surface area contributed by atoms with Gasteiger partial charge in [-0.3, -0.25) is 37.3 Å². The van der Waals surface area contributed by atoms with Gasteiger partial charge in [0, 0.05) is 25.7 Å². The van der Waals surface area contributed by atoms with Crippen LogP contribution in [0.2, 0.25) is 0 Å². The largest absolute Gasteiger partial charge is 0.472 e. The Morgan fingerprint density at radius 1 is 0.352 bits per heavy atom. The molecule has 0 aliphatic heterocycles. The predicted molar refractivity (Wildman–Crippen MR) is 368 cm³/mol. The third-order valence-corrected chi connectivity index (χ3v) is 18.4. The topological polar surface area (TPSA) is 237 Å². The molecule has 0 aromatic carbocycles. The van der Waals surface area contributed by atoms with Crippen LogP contribution < -0.4 is 0 Å². The highest BCUT2D eigenvalue weighted by Gasteiger charge is 2.30. The molecule has 0 aromatic heterocycles. The van der Waals surface area contributed by atoms with E-state index in [1.54, 1.807) is 0 Å². The number of hydrogen-bond donors (Lipinski definition) is 3. The molecule has 0 bridgehead atoms. The monoisotopic (exact) mass is 1330 g/mol. The maximum Gasteiger partial charge on any atom is 0.472 e. The molecule has 91 heavy (non-hydrogen) atoms. The second-order valence-electron chi connectivity index (χ2n) is 25.5. The Balaban J connectivity index is 5.24. The Bertz CT molecular complexity index is 1850. The van der Waals surface area contributed by atoms with Crippen LogP contribution in [0.3, 0.4) is 0 Å². The van der Waals surface area contributed by atoms with Crippen molar-refractivity contribution in [3.63, 3.8) is 0 Å². The van der Waals surface area contributed by atoms with Gasteiger partial charge in [0.05, 0.1) is 26.4 Å². The van der Waals surface area contributed by atoms with E-state index in [9.17, 15) is 43.2 Å². The molecular weight excluding hydrogens is 1200 g/mol. The first-order valence-corrected chi connectivity index (χ1v) is 40.0. The number of aliphatic hydroxyl groups is 1. The Kier molecular flexibility index (Phi) is 63.1. The van der Waals surface area contributed by atoms with Gasteiger partial charge in [0.1, 0.15) is 19.3 Å². The van der Waals surface area contributed by atoms with E-state index in [1.807, 2.05) is 0 Å². The number of esters is 4. The third-order valence-electron chi connectivity index (χ3n) is 16.5. The number of unbranched alkanes of at least 4 members (excludes halogenated alkanes) is 38. The van der Waals surface area contributed by atoms with E-state index < -0.39 is 97.5 Å². The molecule has 0 aromatic rings. The molecule has 0 radical (unpaired) electrons. The van der Waals surface area contributed by atoms with E-state index in [2.05, 4.69) is 58.9 Å². The van der Waals surface area contributed by atoms with Gasteiger partial charge in [-0.25, -0.2) is 9.13 Å². The number of phosphoric acid groups is 2. The molecular formula is C72H136O17P2. The summed E-state index contributed by atoms with van der Waals surface area (Å²) in [7, 11) is -9.91. The third kappa shape index (κ3) is 64.6. The molecule has 3 unspecified atom stereocenters. The van der Waals surface area contributed by atoms with Crippen LogP contribution >= 0.6 is 15.6 Å². The highest BCUT2D eigenvalue weighted by atomic mass is 31.2. The number of aliphatic hydroxyl groups excluding tert-OH is 1. The summed E-state index contributed by atoms with van der Waals surface area (Å²) in [5.74, 6) is -1.44. The minimum atomic E-state index is -4.96. The van der Waals surface area contributed by atoms with Gasteiger partial charge in [0.25, 0.3) is 0 Å². The Morgan fingerprint density at radius 2 is 0.615 bits per heavy atom. The van der Waals surface area contributed by atoms with Crippen molar-refractivity contribution in [2.75, 3.05) is 39.6 Å². The van der Waals surface area contributed by atoms with Crippen molar-refractivity contribution in [1.29, 1.82) is 0 Å². The molecule has 0 aliphatic carbocycles. The quantitative estimate of drug-likeness (QED) is 0.0169. The van der Waals surface area contributed by atoms with Gasteiger partial charge in [-0.05, 0) is 57.3 Å². The standard InChI is InChI=1S/C72H136O17P2/c1-6-10-13-16-19-22-24-26-28-29-30-32-34-36-38-41-47-52-57-71(76)88-67(61-83-70(75)56-51-46-40-37-35-33-31-27-25-23-20-17-14-11-7-2)63-86-90(78,79)84-59-66(73)60-85-91(80,81)87-64-68(62-82-69(74)55-50-45-39-21-18-15-12-8-3)89-72(77)58-53-48-43-42-44-49-54-65(5)9-4/h23,25,27,31,65-68,73H,6-22,24,26,28-30,32-64H2,1-5H3,(H,78,79)(H,80,81)/b25-23-,31-27-/t65?,66-,67-,68-/m1/s1. The molecule has 6 atom stereocenters. The number of allylic oxidation sites excluding steroid dienone is 4. The second-order valence-corrected chi connectivity index (χ2v) is 28.4. The Hall–Kier alpha value is -2.46. The molecule has 0 saturated carbocycles. The van der Waals surface area contributed by atoms with E-state index in [-0.39, 0.29) is 25.7 Å². The predicted octanol–water partition coefficient (Wildman–Crippen LogP) is 20.5. The normalized spacial score (nSPS) is 14.5. The van der Waals surface area contributed by atoms with Crippen molar-refractivity contribution in [1.82, 2.24) is 0 Å². The van der Waals surface area contributed by atoms with Gasteiger partial charge >= 0.3 is 39.5 Å². The SMILES string of the molecule is CCCCCC/C=C\C=C/CCCCCCCC(=O)OC[C@H](COP(=O)(O)OC[C@@H](O)COP(=O)(O)OC[C@@H](COC(=O)CCCCCCCCCC)OC(=O)CCCCCCCCC(C)CC)OC(=O)CCCCCCCCCCCCCCCCCCCC. The molecule has 0 heterocycles. The van der Waals surface area contributed by atoms with Crippen molar-refractivity contribution in [3.05, 3.63) is 24.3 Å². The number of carbonyl (C=O) groups is 4. The average molecular weight is 1340 g/mol. The molecule has 19 heteroatoms. The first-order chi connectivity index (χ1) is 44.1. The summed E-state index contributed by atoms with van der Waals surface area (Å²) in [5.41, 5.74) is 0. The van der Waals surface area contributed by atoms with Crippen LogP contribution in [0.15, 0.2) is 24.3 Å². The van der Waals surface area contributed by atoms with Gasteiger partial charge in [-0.2, -0.15) is 0 Å². The lowest BCUT2D eigenvalue weighted by Crippen LogP contribution is -2.30. The lowest BCUT2D eigenvalue weighted by Gasteiger charge is -2.21. The lowest BCUT2D eigenvalue weighted by molar-refractivity contribution is -0.161. The average Bonchev–Trinajstić information content (AvgIpc) is 3.07. The highest BCUT2D eigenvalue weighted by Crippen LogP contribution is 2.45. The fourth-order valence-corrected chi connectivity index (χ4v) is 12.0. The summed E-state index contributed by atoms with van der Waals surface area (Å²) in [6, 6.07) is 0. The van der Waals surface area contributed by atoms with E-state index in [4.69, 9.17) is 37.0 Å². The molecule has 0 amide bonds. The molecule has 0 aliphatic rings. The van der Waals surface area contributed by atoms with Gasteiger partial charge in [-0.15, -0.1) is 0 Å². The summed E-state index contributed by atoms with van der Waals surface area (Å²) in [6.45, 7) is 7.11. The number of phosphoric ester groups is 2. The second kappa shape index (κ2) is 64.9. The van der Waals surface area contributed by atoms with Crippen LogP contribution in [0, 0.1) is 5.92 Å². The van der Waals surface area contributed by atoms with Crippen molar-refractivity contribution in [3.8, 4) is 0 Å². The van der Waals surface area contributed by atoms with Gasteiger partial charge in [-0.1, -0.05) is 296 Å². The first kappa shape index (κ1) is 88.5. The van der Waals surface area contributed by atoms with Crippen LogP contribution in [0.4, 0.5) is 0 Å². The van der Waals surface area contributed by atoms with Crippen molar-refractivity contribution in [2.24, 2.45) is 5.92 Å². The van der Waals surface area contributed by atoms with Crippen molar-refractivity contribution < 1.29 is 80.2 Å². The molecule has 536 valence electrons. The molecule has 0 spiro atoms. The summed E-state index contributed by atoms with van der Waals surface area (Å²) in [5, 5.41) is 10.6. The highest BCUT2D eigenvalue weighted by molar-refractivity contribution is 7.47. The fraction of sp³-hybridized carbons (Fsp3) is 0.889. The van der Waals surface area contributed by atoms with Crippen molar-refractivity contribution >= 4 is 39.5 Å². The van der Waals surface area contributed by atoms with Crippen LogP contribution in [0.5, 0.6) is 0 Å². The summed E-state index contributed by atoms with van der Waals surface area (Å²) in [4.78, 5) is 72.5. The number of hydrogen-bond acceptors (Lipinski definition) is 15. The number of ether oxygens (including phenoxy) is 4. The molecule has 0 saturated heterocycles. The zero-order valence-electron chi connectivity index (χ0n) is 58.5. The molecule has 3 N–H and O–H groups in total. The number of carbonyl (C=O) groups excluding carboxylic acids is 4. The maximum atomic E-state index is 13.0. The van der Waals surface area contributed by atoms with Gasteiger partial charge in [0.2, 0.25) is 0 Å². The molecule has 0 fully saturated rings. The molecule has 0 rings (SSSR count). The summed E-state index contributed by atoms with van der Waals surface area (Å²) in [6.07, 6.45) is 55.1. The van der Waals surface area contributed by atoms with E-state index >= 15 is 0 Å². The van der Waals surface area contributed by atoms with Crippen LogP contribution in [-0.2, 0) is 65.4 Å². The Labute approximate surface area is 554 Å². The van der Waals surface area contributed by atoms with Crippen LogP contribution in [0.25, 0.3) is 0 Å². The summed E-state index contributed by atoms with van der Waals surface area (Å²) >= 11 is 0. The molecule has 17 nitrogen and oxygen atoms in total. The number of rotatable bonds is 70. The van der Waals surface area contributed by atoms with Crippen molar-refractivity contribution in [2.45, 2.75) is 368 Å². The minimum Gasteiger partial charge on any atom is -0.462 e. The fourth-order valence-electron chi connectivity index (χ4n) is 10.4. The zero-order chi connectivity index (χ0) is 67.0. The van der Waals surface area contributed by atoms with Crippen LogP contribution in [-0.4, -0.2) is 96.7 Å². The van der Waals surface area contributed by atoms with Gasteiger partial charge < -0.3 is 33.8 Å². The Morgan fingerprint density at radius 3 is 0.934 bits per heavy atom. The van der Waals surface area contributed by atoms with E-state index in [1.165, 1.54) is 148 Å². The summed E-state index contributed by atoms with van der Waals surface area (Å²) < 4.78 is 68.2. The van der Waals surface area contributed by atoms with Crippen LogP contribution in [0.1, 0.15) is 349 Å². The van der Waals surface area contributed by atoms with E-state index in [0.717, 1.165) is 121 Å².